The number of carbonyl (C=O) groups excluding carboxylic acids is 1. The van der Waals surface area contributed by atoms with Gasteiger partial charge in [-0.05, 0) is 48.7 Å². The fourth-order valence-electron chi connectivity index (χ4n) is 1.87. The number of urea groups is 1. The molecule has 2 amide bonds. The average Bonchev–Trinajstić information content (AvgIpc) is 2.50. The van der Waals surface area contributed by atoms with Crippen molar-refractivity contribution in [2.24, 2.45) is 0 Å². The number of hydrogen-bond donors (Lipinski definition) is 2. The monoisotopic (exact) mass is 362 g/mol. The zero-order valence-corrected chi connectivity index (χ0v) is 14.2. The highest BCUT2D eigenvalue weighted by Crippen LogP contribution is 2.16. The minimum absolute atomic E-state index is 0.129. The van der Waals surface area contributed by atoms with Crippen LogP contribution in [0.3, 0.4) is 0 Å². The van der Waals surface area contributed by atoms with Crippen molar-refractivity contribution in [2.45, 2.75) is 20.4 Å². The molecule has 0 aliphatic heterocycles. The average molecular weight is 363 g/mol. The second kappa shape index (κ2) is 7.84. The van der Waals surface area contributed by atoms with Crippen LogP contribution in [0.2, 0.25) is 0 Å². The van der Waals surface area contributed by atoms with E-state index in [1.807, 2.05) is 56.3 Å². The third kappa shape index (κ3) is 4.77. The quantitative estimate of drug-likeness (QED) is 0.792. The van der Waals surface area contributed by atoms with Crippen molar-refractivity contribution in [2.75, 3.05) is 6.73 Å². The standard InChI is InChI=1S/C17H19BrN2O2/c1-12-7-8-15(9-13(12)2)22-11-20-17(21)19-10-14-5-3-4-6-16(14)18/h3-9H,10-11H2,1-2H3,(H2,19,20,21). The molecule has 0 spiro atoms. The fourth-order valence-corrected chi connectivity index (χ4v) is 2.29. The molecule has 0 atom stereocenters. The van der Waals surface area contributed by atoms with Gasteiger partial charge in [-0.1, -0.05) is 40.2 Å². The zero-order valence-electron chi connectivity index (χ0n) is 12.7. The molecular formula is C17H19BrN2O2. The van der Waals surface area contributed by atoms with Gasteiger partial charge in [-0.15, -0.1) is 0 Å². The number of ether oxygens (including phenoxy) is 1. The molecule has 2 aromatic rings. The molecule has 2 N–H and O–H groups in total. The minimum atomic E-state index is -0.264. The Morgan fingerprint density at radius 3 is 2.59 bits per heavy atom. The molecule has 0 aliphatic rings. The Morgan fingerprint density at radius 1 is 1.09 bits per heavy atom. The molecule has 2 rings (SSSR count). The van der Waals surface area contributed by atoms with E-state index >= 15 is 0 Å². The smallest absolute Gasteiger partial charge is 0.317 e. The summed E-state index contributed by atoms with van der Waals surface area (Å²) in [6, 6.07) is 13.3. The Kier molecular flexibility index (Phi) is 5.83. The Balaban J connectivity index is 1.74. The molecule has 0 radical (unpaired) electrons. The van der Waals surface area contributed by atoms with Gasteiger partial charge in [0.2, 0.25) is 0 Å². The number of nitrogens with one attached hydrogen (secondary N) is 2. The molecule has 2 aromatic carbocycles. The largest absolute Gasteiger partial charge is 0.473 e. The molecule has 0 aliphatic carbocycles. The molecule has 5 heteroatoms. The normalized spacial score (nSPS) is 10.1. The van der Waals surface area contributed by atoms with Gasteiger partial charge in [-0.3, -0.25) is 0 Å². The molecule has 116 valence electrons. The molecule has 0 heterocycles. The van der Waals surface area contributed by atoms with E-state index in [0.717, 1.165) is 21.3 Å². The zero-order chi connectivity index (χ0) is 15.9. The van der Waals surface area contributed by atoms with Crippen LogP contribution in [0.25, 0.3) is 0 Å². The Hall–Kier alpha value is -2.01. The first kappa shape index (κ1) is 16.4. The number of amides is 2. The van der Waals surface area contributed by atoms with Crippen LogP contribution >= 0.6 is 15.9 Å². The highest BCUT2D eigenvalue weighted by molar-refractivity contribution is 9.10. The number of hydrogen-bond acceptors (Lipinski definition) is 2. The summed E-state index contributed by atoms with van der Waals surface area (Å²) >= 11 is 3.45. The van der Waals surface area contributed by atoms with Crippen LogP contribution in [-0.2, 0) is 6.54 Å². The first-order valence-electron chi connectivity index (χ1n) is 7.01. The maximum atomic E-state index is 11.7. The first-order valence-corrected chi connectivity index (χ1v) is 7.80. The minimum Gasteiger partial charge on any atom is -0.473 e. The number of aryl methyl sites for hydroxylation is 2. The van der Waals surface area contributed by atoms with Gasteiger partial charge >= 0.3 is 6.03 Å². The van der Waals surface area contributed by atoms with E-state index < -0.39 is 0 Å². The number of halogens is 1. The first-order chi connectivity index (χ1) is 10.6. The van der Waals surface area contributed by atoms with E-state index in [-0.39, 0.29) is 12.8 Å². The topological polar surface area (TPSA) is 50.4 Å². The van der Waals surface area contributed by atoms with E-state index in [1.54, 1.807) is 0 Å². The van der Waals surface area contributed by atoms with Crippen LogP contribution in [0, 0.1) is 13.8 Å². The summed E-state index contributed by atoms with van der Waals surface area (Å²) in [7, 11) is 0. The van der Waals surface area contributed by atoms with Gasteiger partial charge < -0.3 is 15.4 Å². The molecule has 0 saturated heterocycles. The third-order valence-corrected chi connectivity index (χ3v) is 4.12. The lowest BCUT2D eigenvalue weighted by molar-refractivity contribution is 0.223. The van der Waals surface area contributed by atoms with Gasteiger partial charge in [0, 0.05) is 11.0 Å². The van der Waals surface area contributed by atoms with Crippen molar-refractivity contribution >= 4 is 22.0 Å². The predicted octanol–water partition coefficient (Wildman–Crippen LogP) is 3.90. The Bertz CT molecular complexity index is 659. The molecule has 0 fully saturated rings. The molecule has 0 saturated carbocycles. The second-order valence-corrected chi connectivity index (χ2v) is 5.84. The summed E-state index contributed by atoms with van der Waals surface area (Å²) in [6.45, 7) is 4.66. The summed E-state index contributed by atoms with van der Waals surface area (Å²) in [5.74, 6) is 0.745. The lowest BCUT2D eigenvalue weighted by atomic mass is 10.1. The van der Waals surface area contributed by atoms with Crippen LogP contribution in [0.15, 0.2) is 46.9 Å². The van der Waals surface area contributed by atoms with E-state index in [0.29, 0.717) is 6.54 Å². The highest BCUT2D eigenvalue weighted by atomic mass is 79.9. The highest BCUT2D eigenvalue weighted by Gasteiger charge is 2.03. The number of carbonyl (C=O) groups is 1. The molecule has 0 bridgehead atoms. The van der Waals surface area contributed by atoms with Crippen LogP contribution < -0.4 is 15.4 Å². The van der Waals surface area contributed by atoms with Gasteiger partial charge in [0.05, 0.1) is 0 Å². The van der Waals surface area contributed by atoms with Crippen molar-refractivity contribution in [3.8, 4) is 5.75 Å². The number of benzene rings is 2. The molecule has 0 aromatic heterocycles. The summed E-state index contributed by atoms with van der Waals surface area (Å²) in [4.78, 5) is 11.7. The van der Waals surface area contributed by atoms with Crippen LogP contribution in [-0.4, -0.2) is 12.8 Å². The van der Waals surface area contributed by atoms with E-state index in [4.69, 9.17) is 4.74 Å². The van der Waals surface area contributed by atoms with Gasteiger partial charge in [0.1, 0.15) is 5.75 Å². The molecule has 4 nitrogen and oxygen atoms in total. The van der Waals surface area contributed by atoms with Crippen molar-refractivity contribution in [1.82, 2.24) is 10.6 Å². The summed E-state index contributed by atoms with van der Waals surface area (Å²) in [5, 5.41) is 5.45. The van der Waals surface area contributed by atoms with Gasteiger partial charge in [-0.2, -0.15) is 0 Å². The van der Waals surface area contributed by atoms with Crippen molar-refractivity contribution in [3.63, 3.8) is 0 Å². The van der Waals surface area contributed by atoms with Crippen molar-refractivity contribution < 1.29 is 9.53 Å². The maximum absolute atomic E-state index is 11.7. The van der Waals surface area contributed by atoms with E-state index in [9.17, 15) is 4.79 Å². The molecular weight excluding hydrogens is 344 g/mol. The lowest BCUT2D eigenvalue weighted by Gasteiger charge is -2.11. The van der Waals surface area contributed by atoms with Crippen LogP contribution in [0.5, 0.6) is 5.75 Å². The molecule has 22 heavy (non-hydrogen) atoms. The summed E-state index contributed by atoms with van der Waals surface area (Å²) in [6.07, 6.45) is 0. The Morgan fingerprint density at radius 2 is 1.86 bits per heavy atom. The summed E-state index contributed by atoms with van der Waals surface area (Å²) < 4.78 is 6.48. The van der Waals surface area contributed by atoms with Gasteiger partial charge in [-0.25, -0.2) is 4.79 Å². The van der Waals surface area contributed by atoms with E-state index in [1.165, 1.54) is 5.56 Å². The number of rotatable bonds is 5. The molecule has 0 unspecified atom stereocenters. The second-order valence-electron chi connectivity index (χ2n) is 4.99. The SMILES string of the molecule is Cc1ccc(OCNC(=O)NCc2ccccc2Br)cc1C. The Labute approximate surface area is 139 Å². The maximum Gasteiger partial charge on any atom is 0.317 e. The summed E-state index contributed by atoms with van der Waals surface area (Å²) in [5.41, 5.74) is 3.40. The predicted molar refractivity (Wildman–Crippen MR) is 90.9 cm³/mol. The van der Waals surface area contributed by atoms with Crippen molar-refractivity contribution in [1.29, 1.82) is 0 Å². The van der Waals surface area contributed by atoms with Gasteiger partial charge in [0.15, 0.2) is 6.73 Å². The lowest BCUT2D eigenvalue weighted by Crippen LogP contribution is -2.37. The van der Waals surface area contributed by atoms with Gasteiger partial charge in [0.25, 0.3) is 0 Å². The van der Waals surface area contributed by atoms with Crippen LogP contribution in [0.4, 0.5) is 4.79 Å². The fraction of sp³-hybridized carbons (Fsp3) is 0.235. The van der Waals surface area contributed by atoms with Crippen LogP contribution in [0.1, 0.15) is 16.7 Å². The third-order valence-electron chi connectivity index (χ3n) is 3.35. The van der Waals surface area contributed by atoms with E-state index in [2.05, 4.69) is 26.6 Å². The van der Waals surface area contributed by atoms with Crippen molar-refractivity contribution in [3.05, 3.63) is 63.6 Å².